The normalized spacial score (nSPS) is 15.8. The van der Waals surface area contributed by atoms with Crippen LogP contribution in [0.15, 0.2) is 42.7 Å². The minimum absolute atomic E-state index is 0.269. The lowest BCUT2D eigenvalue weighted by Gasteiger charge is -2.24. The zero-order valence-electron chi connectivity index (χ0n) is 13.8. The molecule has 5 nitrogen and oxygen atoms in total. The molecule has 1 aromatic carbocycles. The van der Waals surface area contributed by atoms with Crippen LogP contribution in [0.3, 0.4) is 0 Å². The molecule has 0 spiro atoms. The van der Waals surface area contributed by atoms with Crippen molar-refractivity contribution in [3.8, 4) is 17.1 Å². The van der Waals surface area contributed by atoms with Crippen LogP contribution in [0.1, 0.15) is 19.3 Å². The molecule has 2 N–H and O–H groups in total. The molecule has 4 rings (SSSR count). The highest BCUT2D eigenvalue weighted by Gasteiger charge is 2.13. The highest BCUT2D eigenvalue weighted by atomic mass is 16.3. The molecule has 0 aliphatic carbocycles. The zero-order chi connectivity index (χ0) is 16.4. The van der Waals surface area contributed by atoms with E-state index in [4.69, 9.17) is 0 Å². The molecule has 0 amide bonds. The first-order valence-electron chi connectivity index (χ1n) is 8.68. The van der Waals surface area contributed by atoms with Crippen LogP contribution in [0.2, 0.25) is 0 Å². The summed E-state index contributed by atoms with van der Waals surface area (Å²) in [7, 11) is 0. The van der Waals surface area contributed by atoms with Crippen LogP contribution in [0.25, 0.3) is 22.4 Å². The number of fused-ring (bicyclic) bond motifs is 1. The number of imidazole rings is 1. The third-order valence-corrected chi connectivity index (χ3v) is 4.74. The Morgan fingerprint density at radius 3 is 2.67 bits per heavy atom. The monoisotopic (exact) mass is 323 g/mol. The van der Waals surface area contributed by atoms with E-state index in [9.17, 15) is 5.11 Å². The summed E-state index contributed by atoms with van der Waals surface area (Å²) in [4.78, 5) is 10.6. The Morgan fingerprint density at radius 1 is 1.08 bits per heavy atom. The molecular weight excluding hydrogens is 300 g/mol. The van der Waals surface area contributed by atoms with Gasteiger partial charge in [0.25, 0.3) is 0 Å². The summed E-state index contributed by atoms with van der Waals surface area (Å²) in [5, 5.41) is 9.41. The van der Waals surface area contributed by atoms with Crippen molar-refractivity contribution in [1.29, 1.82) is 0 Å². The first-order valence-corrected chi connectivity index (χ1v) is 8.68. The maximum Gasteiger partial charge on any atom is 0.194 e. The average molecular weight is 323 g/mol. The molecule has 124 valence electrons. The first kappa shape index (κ1) is 15.1. The fourth-order valence-corrected chi connectivity index (χ4v) is 3.34. The van der Waals surface area contributed by atoms with Crippen molar-refractivity contribution >= 4 is 11.0 Å². The molecule has 3 heterocycles. The molecule has 1 aliphatic rings. The Labute approximate surface area is 141 Å². The number of phenols is 1. The largest absolute Gasteiger partial charge is 0.508 e. The second-order valence-corrected chi connectivity index (χ2v) is 6.52. The highest BCUT2D eigenvalue weighted by molar-refractivity contribution is 5.77. The van der Waals surface area contributed by atoms with Crippen molar-refractivity contribution < 1.29 is 9.67 Å². The standard InChI is InChI=1S/C19H22N4O/c24-16-6-4-15(5-7-16)19-20-17-8-11-23(14-18(17)21-19)13-12-22-9-2-1-3-10-22/h4-8,11,14H,1-3,9-10,12-13H2,(H,21,24)/p+1. The van der Waals surface area contributed by atoms with E-state index in [0.29, 0.717) is 0 Å². The van der Waals surface area contributed by atoms with E-state index in [1.54, 1.807) is 12.1 Å². The summed E-state index contributed by atoms with van der Waals surface area (Å²) in [6.45, 7) is 4.58. The van der Waals surface area contributed by atoms with E-state index >= 15 is 0 Å². The zero-order valence-corrected chi connectivity index (χ0v) is 13.8. The fraction of sp³-hybridized carbons (Fsp3) is 0.368. The maximum atomic E-state index is 9.41. The molecular formula is C19H23N4O+. The van der Waals surface area contributed by atoms with E-state index in [-0.39, 0.29) is 5.75 Å². The number of aromatic nitrogens is 3. The lowest BCUT2D eigenvalue weighted by molar-refractivity contribution is -0.695. The van der Waals surface area contributed by atoms with Gasteiger partial charge in [-0.15, -0.1) is 0 Å². The number of hydrogen-bond acceptors (Lipinski definition) is 3. The van der Waals surface area contributed by atoms with Gasteiger partial charge in [0.05, 0.1) is 6.54 Å². The molecule has 2 aromatic heterocycles. The summed E-state index contributed by atoms with van der Waals surface area (Å²) in [6.07, 6.45) is 8.29. The van der Waals surface area contributed by atoms with E-state index < -0.39 is 0 Å². The van der Waals surface area contributed by atoms with Crippen LogP contribution in [-0.2, 0) is 6.54 Å². The highest BCUT2D eigenvalue weighted by Crippen LogP contribution is 2.21. The maximum absolute atomic E-state index is 9.41. The van der Waals surface area contributed by atoms with Crippen LogP contribution in [0.5, 0.6) is 5.75 Å². The topological polar surface area (TPSA) is 56.0 Å². The lowest BCUT2D eigenvalue weighted by atomic mass is 10.1. The lowest BCUT2D eigenvalue weighted by Crippen LogP contribution is -2.41. The number of piperidine rings is 1. The van der Waals surface area contributed by atoms with Crippen molar-refractivity contribution in [3.05, 3.63) is 42.7 Å². The Hall–Kier alpha value is -2.40. The molecule has 3 aromatic rings. The SMILES string of the molecule is Oc1ccc(-c2nc3cc[n+](CCN4CCCCC4)cc3[nH]2)cc1. The van der Waals surface area contributed by atoms with Crippen LogP contribution in [0, 0.1) is 0 Å². The number of nitrogens with one attached hydrogen (secondary N) is 1. The predicted molar refractivity (Wildman–Crippen MR) is 93.7 cm³/mol. The molecule has 1 aliphatic heterocycles. The van der Waals surface area contributed by atoms with Crippen LogP contribution in [-0.4, -0.2) is 39.6 Å². The van der Waals surface area contributed by atoms with Crippen LogP contribution >= 0.6 is 0 Å². The second-order valence-electron chi connectivity index (χ2n) is 6.52. The Kier molecular flexibility index (Phi) is 4.17. The van der Waals surface area contributed by atoms with Crippen molar-refractivity contribution in [2.45, 2.75) is 25.8 Å². The Balaban J connectivity index is 1.51. The first-order chi connectivity index (χ1) is 11.8. The third-order valence-electron chi connectivity index (χ3n) is 4.74. The number of nitrogens with zero attached hydrogens (tertiary/aromatic N) is 3. The predicted octanol–water partition coefficient (Wildman–Crippen LogP) is 2.71. The summed E-state index contributed by atoms with van der Waals surface area (Å²) >= 11 is 0. The van der Waals surface area contributed by atoms with Gasteiger partial charge >= 0.3 is 0 Å². The summed E-state index contributed by atoms with van der Waals surface area (Å²) in [6, 6.07) is 9.17. The molecule has 0 radical (unpaired) electrons. The summed E-state index contributed by atoms with van der Waals surface area (Å²) in [5.74, 6) is 1.10. The van der Waals surface area contributed by atoms with Gasteiger partial charge < -0.3 is 10.1 Å². The third kappa shape index (κ3) is 3.26. The fourth-order valence-electron chi connectivity index (χ4n) is 3.34. The van der Waals surface area contributed by atoms with Gasteiger partial charge in [0, 0.05) is 11.6 Å². The number of hydrogen-bond donors (Lipinski definition) is 2. The van der Waals surface area contributed by atoms with Crippen molar-refractivity contribution in [1.82, 2.24) is 14.9 Å². The molecule has 5 heteroatoms. The van der Waals surface area contributed by atoms with E-state index in [1.807, 2.05) is 12.1 Å². The number of likely N-dealkylation sites (tertiary alicyclic amines) is 1. The van der Waals surface area contributed by atoms with E-state index in [1.165, 1.54) is 32.4 Å². The summed E-state index contributed by atoms with van der Waals surface area (Å²) < 4.78 is 2.23. The number of H-pyrrole nitrogens is 1. The number of aromatic hydroxyl groups is 1. The van der Waals surface area contributed by atoms with Crippen LogP contribution in [0.4, 0.5) is 0 Å². The summed E-state index contributed by atoms with van der Waals surface area (Å²) in [5.41, 5.74) is 2.98. The van der Waals surface area contributed by atoms with Gasteiger partial charge in [-0.05, 0) is 50.2 Å². The minimum atomic E-state index is 0.269. The Bertz CT molecular complexity index is 819. The quantitative estimate of drug-likeness (QED) is 0.726. The van der Waals surface area contributed by atoms with Gasteiger partial charge in [-0.3, -0.25) is 4.90 Å². The van der Waals surface area contributed by atoms with Gasteiger partial charge in [0.1, 0.15) is 22.6 Å². The van der Waals surface area contributed by atoms with Gasteiger partial charge in [-0.25, -0.2) is 9.55 Å². The van der Waals surface area contributed by atoms with E-state index in [0.717, 1.165) is 35.5 Å². The molecule has 0 unspecified atom stereocenters. The Morgan fingerprint density at radius 2 is 1.88 bits per heavy atom. The van der Waals surface area contributed by atoms with Gasteiger partial charge in [-0.1, -0.05) is 6.42 Å². The number of rotatable bonds is 4. The number of phenolic OH excluding ortho intramolecular Hbond substituents is 1. The number of pyridine rings is 1. The smallest absolute Gasteiger partial charge is 0.194 e. The van der Waals surface area contributed by atoms with Crippen molar-refractivity contribution in [2.75, 3.05) is 19.6 Å². The van der Waals surface area contributed by atoms with Gasteiger partial charge in [-0.2, -0.15) is 0 Å². The molecule has 0 saturated carbocycles. The number of benzene rings is 1. The van der Waals surface area contributed by atoms with Gasteiger partial charge in [0.2, 0.25) is 0 Å². The molecule has 1 saturated heterocycles. The molecule has 0 bridgehead atoms. The second kappa shape index (κ2) is 6.61. The van der Waals surface area contributed by atoms with Crippen molar-refractivity contribution in [3.63, 3.8) is 0 Å². The molecule has 0 atom stereocenters. The molecule has 24 heavy (non-hydrogen) atoms. The average Bonchev–Trinajstić information content (AvgIpc) is 3.05. The van der Waals surface area contributed by atoms with Crippen LogP contribution < -0.4 is 4.57 Å². The molecule has 1 fully saturated rings. The van der Waals surface area contributed by atoms with Crippen molar-refractivity contribution in [2.24, 2.45) is 0 Å². The van der Waals surface area contributed by atoms with Gasteiger partial charge in [0.15, 0.2) is 18.9 Å². The van der Waals surface area contributed by atoms with E-state index in [2.05, 4.69) is 37.9 Å². The minimum Gasteiger partial charge on any atom is -0.508 e. The number of aromatic amines is 1.